The van der Waals surface area contributed by atoms with E-state index in [4.69, 9.17) is 0 Å². The molecule has 2 aromatic heterocycles. The third kappa shape index (κ3) is 3.59. The van der Waals surface area contributed by atoms with Gasteiger partial charge >= 0.3 is 6.18 Å². The van der Waals surface area contributed by atoms with Crippen LogP contribution in [0.2, 0.25) is 0 Å². The van der Waals surface area contributed by atoms with Crippen LogP contribution in [0.1, 0.15) is 31.4 Å². The number of hydrogen-bond donors (Lipinski definition) is 2. The molecule has 1 atom stereocenters. The zero-order valence-corrected chi connectivity index (χ0v) is 16.7. The molecule has 1 aliphatic rings. The van der Waals surface area contributed by atoms with Crippen molar-refractivity contribution in [2.45, 2.75) is 45.5 Å². The third-order valence-corrected chi connectivity index (χ3v) is 5.64. The number of aromatic nitrogens is 3. The molecule has 0 bridgehead atoms. The fourth-order valence-electron chi connectivity index (χ4n) is 3.96. The van der Waals surface area contributed by atoms with E-state index in [1.165, 1.54) is 6.92 Å². The van der Waals surface area contributed by atoms with Crippen molar-refractivity contribution in [3.05, 3.63) is 41.6 Å². The second-order valence-electron chi connectivity index (χ2n) is 8.32. The third-order valence-electron chi connectivity index (χ3n) is 5.64. The number of phenolic OH excluding ortho intramolecular Hbond substituents is 1. The quantitative estimate of drug-likeness (QED) is 0.673. The zero-order valence-electron chi connectivity index (χ0n) is 16.7. The van der Waals surface area contributed by atoms with E-state index in [1.807, 2.05) is 20.0 Å². The highest BCUT2D eigenvalue weighted by molar-refractivity contribution is 5.81. The zero-order chi connectivity index (χ0) is 21.8. The molecule has 1 amide bonds. The first-order valence-corrected chi connectivity index (χ1v) is 9.50. The maximum absolute atomic E-state index is 13.0. The Morgan fingerprint density at radius 1 is 1.30 bits per heavy atom. The summed E-state index contributed by atoms with van der Waals surface area (Å²) in [6, 6.07) is 5.11. The number of aryl methyl sites for hydroxylation is 1. The Morgan fingerprint density at radius 2 is 2.03 bits per heavy atom. The molecule has 4 rings (SSSR count). The van der Waals surface area contributed by atoms with Gasteiger partial charge in [0.2, 0.25) is 5.91 Å². The molecule has 9 heteroatoms. The molecule has 1 saturated heterocycles. The molecule has 1 fully saturated rings. The largest absolute Gasteiger partial charge is 0.507 e. The van der Waals surface area contributed by atoms with Gasteiger partial charge in [-0.05, 0) is 50.6 Å². The normalized spacial score (nSPS) is 18.7. The summed E-state index contributed by atoms with van der Waals surface area (Å²) in [5, 5.41) is 18.4. The van der Waals surface area contributed by atoms with E-state index >= 15 is 0 Å². The van der Waals surface area contributed by atoms with Gasteiger partial charge in [-0.15, -0.1) is 0 Å². The van der Waals surface area contributed by atoms with E-state index in [-0.39, 0.29) is 28.5 Å². The number of halogens is 3. The highest BCUT2D eigenvalue weighted by atomic mass is 19.4. The monoisotopic (exact) mass is 418 g/mol. The topological polar surface area (TPSA) is 80.0 Å². The molecule has 2 N–H and O–H groups in total. The van der Waals surface area contributed by atoms with E-state index in [2.05, 4.69) is 15.4 Å². The molecular weight excluding hydrogens is 397 g/mol. The molecule has 6 nitrogen and oxygen atoms in total. The van der Waals surface area contributed by atoms with Crippen molar-refractivity contribution in [2.24, 2.45) is 5.92 Å². The number of fused-ring (bicyclic) bond motifs is 1. The molecule has 3 heterocycles. The standard InChI is InChI=1S/C21H21F3N4O2/c1-11-6-13(21(22,23)24)7-16(29)18(11)15-5-4-12-9-28(27-19(12)25-15)10-14-8-17(30)26-20(14,2)3/h4-7,9,14,29H,8,10H2,1-3H3,(H,26,30). The number of nitrogens with one attached hydrogen (secondary N) is 1. The lowest BCUT2D eigenvalue weighted by molar-refractivity contribution is -0.137. The SMILES string of the molecule is Cc1cc(C(F)(F)F)cc(O)c1-c1ccc2cn(CC3CC(=O)NC3(C)C)nc2n1. The van der Waals surface area contributed by atoms with Gasteiger partial charge < -0.3 is 10.4 Å². The summed E-state index contributed by atoms with van der Waals surface area (Å²) in [7, 11) is 0. The van der Waals surface area contributed by atoms with Crippen molar-refractivity contribution in [3.8, 4) is 17.0 Å². The summed E-state index contributed by atoms with van der Waals surface area (Å²) in [5.41, 5.74) is 0.0264. The summed E-state index contributed by atoms with van der Waals surface area (Å²) in [4.78, 5) is 16.2. The van der Waals surface area contributed by atoms with Gasteiger partial charge in [-0.25, -0.2) is 4.98 Å². The van der Waals surface area contributed by atoms with Gasteiger partial charge in [-0.1, -0.05) is 0 Å². The summed E-state index contributed by atoms with van der Waals surface area (Å²) in [5.74, 6) is -0.402. The van der Waals surface area contributed by atoms with Gasteiger partial charge in [-0.3, -0.25) is 9.48 Å². The number of hydrogen-bond acceptors (Lipinski definition) is 4. The van der Waals surface area contributed by atoms with E-state index in [1.54, 1.807) is 16.8 Å². The van der Waals surface area contributed by atoms with Crippen LogP contribution < -0.4 is 5.32 Å². The molecule has 0 saturated carbocycles. The minimum atomic E-state index is -4.54. The van der Waals surface area contributed by atoms with Crippen LogP contribution in [0.5, 0.6) is 5.75 Å². The molecule has 1 aromatic carbocycles. The Balaban J connectivity index is 1.67. The number of rotatable bonds is 3. The lowest BCUT2D eigenvalue weighted by atomic mass is 9.89. The van der Waals surface area contributed by atoms with Crippen molar-refractivity contribution in [1.29, 1.82) is 0 Å². The van der Waals surface area contributed by atoms with Gasteiger partial charge in [0, 0.05) is 41.6 Å². The summed E-state index contributed by atoms with van der Waals surface area (Å²) >= 11 is 0. The fourth-order valence-corrected chi connectivity index (χ4v) is 3.96. The second-order valence-corrected chi connectivity index (χ2v) is 8.32. The number of carbonyl (C=O) groups is 1. The fraction of sp³-hybridized carbons (Fsp3) is 0.381. The van der Waals surface area contributed by atoms with Gasteiger partial charge in [0.25, 0.3) is 0 Å². The molecule has 0 radical (unpaired) electrons. The maximum Gasteiger partial charge on any atom is 0.416 e. The average Bonchev–Trinajstić information content (AvgIpc) is 3.12. The van der Waals surface area contributed by atoms with Crippen LogP contribution in [0.3, 0.4) is 0 Å². The van der Waals surface area contributed by atoms with Gasteiger partial charge in [0.1, 0.15) is 5.75 Å². The van der Waals surface area contributed by atoms with Crippen LogP contribution in [0.25, 0.3) is 22.3 Å². The predicted octanol–water partition coefficient (Wildman–Crippen LogP) is 4.05. The highest BCUT2D eigenvalue weighted by Crippen LogP contribution is 2.38. The highest BCUT2D eigenvalue weighted by Gasteiger charge is 2.39. The lowest BCUT2D eigenvalue weighted by Gasteiger charge is -2.26. The molecule has 3 aromatic rings. The minimum absolute atomic E-state index is 0.00961. The van der Waals surface area contributed by atoms with Crippen LogP contribution in [0.4, 0.5) is 13.2 Å². The summed E-state index contributed by atoms with van der Waals surface area (Å²) in [6.07, 6.45) is -2.30. The first-order chi connectivity index (χ1) is 13.9. The lowest BCUT2D eigenvalue weighted by Crippen LogP contribution is -2.40. The van der Waals surface area contributed by atoms with Crippen LogP contribution in [0.15, 0.2) is 30.5 Å². The molecule has 30 heavy (non-hydrogen) atoms. The molecule has 0 aliphatic carbocycles. The van der Waals surface area contributed by atoms with E-state index in [0.29, 0.717) is 30.4 Å². The number of alkyl halides is 3. The van der Waals surface area contributed by atoms with Crippen LogP contribution in [-0.2, 0) is 17.5 Å². The Hall–Kier alpha value is -3.10. The molecule has 1 aliphatic heterocycles. The van der Waals surface area contributed by atoms with Crippen molar-refractivity contribution in [2.75, 3.05) is 0 Å². The number of aromatic hydroxyl groups is 1. The molecule has 1 unspecified atom stereocenters. The van der Waals surface area contributed by atoms with E-state index in [9.17, 15) is 23.1 Å². The van der Waals surface area contributed by atoms with Crippen LogP contribution >= 0.6 is 0 Å². The van der Waals surface area contributed by atoms with Crippen LogP contribution in [0, 0.1) is 12.8 Å². The number of amides is 1. The van der Waals surface area contributed by atoms with Crippen molar-refractivity contribution >= 4 is 16.9 Å². The predicted molar refractivity (Wildman–Crippen MR) is 105 cm³/mol. The van der Waals surface area contributed by atoms with Crippen molar-refractivity contribution in [1.82, 2.24) is 20.1 Å². The number of pyridine rings is 1. The Kier molecular flexibility index (Phi) is 4.52. The summed E-state index contributed by atoms with van der Waals surface area (Å²) in [6.45, 7) is 5.97. The Morgan fingerprint density at radius 3 is 2.63 bits per heavy atom. The Bertz CT molecular complexity index is 1130. The van der Waals surface area contributed by atoms with Crippen molar-refractivity contribution < 1.29 is 23.1 Å². The second kappa shape index (κ2) is 6.72. The molecule has 0 spiro atoms. The van der Waals surface area contributed by atoms with Crippen molar-refractivity contribution in [3.63, 3.8) is 0 Å². The first-order valence-electron chi connectivity index (χ1n) is 9.50. The maximum atomic E-state index is 13.0. The van der Waals surface area contributed by atoms with Gasteiger partial charge in [0.05, 0.1) is 11.3 Å². The molecule has 158 valence electrons. The number of phenols is 1. The molecular formula is C21H21F3N4O2. The van der Waals surface area contributed by atoms with Gasteiger partial charge in [-0.2, -0.15) is 18.3 Å². The number of benzene rings is 1. The van der Waals surface area contributed by atoms with E-state index < -0.39 is 17.5 Å². The average molecular weight is 418 g/mol. The minimum Gasteiger partial charge on any atom is -0.507 e. The van der Waals surface area contributed by atoms with Gasteiger partial charge in [0.15, 0.2) is 5.65 Å². The summed E-state index contributed by atoms with van der Waals surface area (Å²) < 4.78 is 40.7. The van der Waals surface area contributed by atoms with Crippen LogP contribution in [-0.4, -0.2) is 31.3 Å². The number of carbonyl (C=O) groups excluding carboxylic acids is 1. The number of nitrogens with zero attached hydrogens (tertiary/aromatic N) is 3. The Labute approximate surface area is 170 Å². The van der Waals surface area contributed by atoms with E-state index in [0.717, 1.165) is 11.5 Å². The first kappa shape index (κ1) is 20.2. The smallest absolute Gasteiger partial charge is 0.416 e.